The Kier molecular flexibility index (Phi) is 6.02. The molecule has 1 heterocycles. The largest absolute Gasteiger partial charge is 0.395 e. The van der Waals surface area contributed by atoms with E-state index >= 15 is 0 Å². The van der Waals surface area contributed by atoms with Gasteiger partial charge in [-0.3, -0.25) is 4.90 Å². The van der Waals surface area contributed by atoms with Gasteiger partial charge in [-0.25, -0.2) is 4.79 Å². The monoisotopic (exact) mass is 331 g/mol. The average molecular weight is 331 g/mol. The van der Waals surface area contributed by atoms with E-state index in [0.29, 0.717) is 19.6 Å². The standard InChI is InChI=1S/C19H29N3O2/c1-15(2)16-6-5-7-17(14-16)19(3,4)20-18(24)22-10-8-21(9-11-22)12-13-23/h5-7,14,23H,1,8-13H2,2-4H3,(H,20,24). The van der Waals surface area contributed by atoms with E-state index in [1.807, 2.05) is 43.9 Å². The molecule has 2 rings (SSSR count). The number of aliphatic hydroxyl groups excluding tert-OH is 1. The Hall–Kier alpha value is -1.85. The number of carbonyl (C=O) groups excluding carboxylic acids is 1. The van der Waals surface area contributed by atoms with E-state index in [0.717, 1.165) is 29.8 Å². The van der Waals surface area contributed by atoms with Crippen molar-refractivity contribution in [1.82, 2.24) is 15.1 Å². The highest BCUT2D eigenvalue weighted by Crippen LogP contribution is 2.24. The third-order valence-corrected chi connectivity index (χ3v) is 4.57. The number of amides is 2. The number of nitrogens with one attached hydrogen (secondary N) is 1. The minimum Gasteiger partial charge on any atom is -0.395 e. The normalized spacial score (nSPS) is 16.1. The lowest BCUT2D eigenvalue weighted by molar-refractivity contribution is 0.118. The summed E-state index contributed by atoms with van der Waals surface area (Å²) in [7, 11) is 0. The van der Waals surface area contributed by atoms with Crippen LogP contribution in [0, 0.1) is 0 Å². The molecule has 0 spiro atoms. The molecule has 1 saturated heterocycles. The molecule has 0 unspecified atom stereocenters. The second-order valence-corrected chi connectivity index (χ2v) is 6.97. The lowest BCUT2D eigenvalue weighted by atomic mass is 9.92. The van der Waals surface area contributed by atoms with Gasteiger partial charge in [0.2, 0.25) is 0 Å². The van der Waals surface area contributed by atoms with Gasteiger partial charge in [-0.2, -0.15) is 0 Å². The van der Waals surface area contributed by atoms with Crippen molar-refractivity contribution in [1.29, 1.82) is 0 Å². The molecule has 1 aliphatic heterocycles. The number of rotatable bonds is 5. The zero-order valence-electron chi connectivity index (χ0n) is 15.0. The number of nitrogens with zero attached hydrogens (tertiary/aromatic N) is 2. The van der Waals surface area contributed by atoms with E-state index in [1.54, 1.807) is 0 Å². The molecule has 2 amide bonds. The van der Waals surface area contributed by atoms with Crippen LogP contribution < -0.4 is 5.32 Å². The maximum Gasteiger partial charge on any atom is 0.318 e. The van der Waals surface area contributed by atoms with E-state index in [4.69, 9.17) is 5.11 Å². The fourth-order valence-corrected chi connectivity index (χ4v) is 2.91. The first-order valence-electron chi connectivity index (χ1n) is 8.50. The zero-order chi connectivity index (χ0) is 17.7. The maximum absolute atomic E-state index is 12.6. The van der Waals surface area contributed by atoms with Gasteiger partial charge in [-0.15, -0.1) is 0 Å². The van der Waals surface area contributed by atoms with Crippen LogP contribution in [0.1, 0.15) is 31.9 Å². The molecule has 5 nitrogen and oxygen atoms in total. The van der Waals surface area contributed by atoms with Crippen LogP contribution in [0.4, 0.5) is 4.79 Å². The third-order valence-electron chi connectivity index (χ3n) is 4.57. The second-order valence-electron chi connectivity index (χ2n) is 6.97. The fourth-order valence-electron chi connectivity index (χ4n) is 2.91. The van der Waals surface area contributed by atoms with E-state index in [2.05, 4.69) is 22.9 Å². The van der Waals surface area contributed by atoms with Crippen LogP contribution >= 0.6 is 0 Å². The molecular weight excluding hydrogens is 302 g/mol. The lowest BCUT2D eigenvalue weighted by Crippen LogP contribution is -2.55. The summed E-state index contributed by atoms with van der Waals surface area (Å²) in [5.74, 6) is 0. The molecule has 5 heteroatoms. The van der Waals surface area contributed by atoms with Crippen LogP contribution in [0.2, 0.25) is 0 Å². The number of urea groups is 1. The van der Waals surface area contributed by atoms with Gasteiger partial charge in [0.1, 0.15) is 0 Å². The molecule has 1 aromatic rings. The summed E-state index contributed by atoms with van der Waals surface area (Å²) in [5.41, 5.74) is 2.71. The highest BCUT2D eigenvalue weighted by Gasteiger charge is 2.27. The summed E-state index contributed by atoms with van der Waals surface area (Å²) < 4.78 is 0. The quantitative estimate of drug-likeness (QED) is 0.870. The summed E-state index contributed by atoms with van der Waals surface area (Å²) in [4.78, 5) is 16.6. The van der Waals surface area contributed by atoms with Crippen LogP contribution in [0.5, 0.6) is 0 Å². The van der Waals surface area contributed by atoms with Gasteiger partial charge >= 0.3 is 6.03 Å². The van der Waals surface area contributed by atoms with Gasteiger partial charge in [-0.05, 0) is 38.0 Å². The van der Waals surface area contributed by atoms with Crippen molar-refractivity contribution in [2.75, 3.05) is 39.3 Å². The zero-order valence-corrected chi connectivity index (χ0v) is 15.0. The minimum atomic E-state index is -0.454. The van der Waals surface area contributed by atoms with Gasteiger partial charge in [0.05, 0.1) is 12.1 Å². The molecule has 0 saturated carbocycles. The van der Waals surface area contributed by atoms with Crippen LogP contribution in [-0.2, 0) is 5.54 Å². The predicted molar refractivity (Wildman–Crippen MR) is 97.8 cm³/mol. The van der Waals surface area contributed by atoms with Crippen molar-refractivity contribution in [3.63, 3.8) is 0 Å². The minimum absolute atomic E-state index is 0.0376. The van der Waals surface area contributed by atoms with Crippen molar-refractivity contribution in [3.05, 3.63) is 42.0 Å². The van der Waals surface area contributed by atoms with Gasteiger partial charge in [0.15, 0.2) is 0 Å². The van der Waals surface area contributed by atoms with Crippen molar-refractivity contribution in [3.8, 4) is 0 Å². The number of aliphatic hydroxyl groups is 1. The van der Waals surface area contributed by atoms with Gasteiger partial charge < -0.3 is 15.3 Å². The van der Waals surface area contributed by atoms with E-state index in [1.165, 1.54) is 0 Å². The number of piperazine rings is 1. The molecule has 0 radical (unpaired) electrons. The Morgan fingerprint density at radius 3 is 2.54 bits per heavy atom. The molecule has 1 fully saturated rings. The summed E-state index contributed by atoms with van der Waals surface area (Å²) in [5, 5.41) is 12.1. The number of hydrogen-bond acceptors (Lipinski definition) is 3. The Morgan fingerprint density at radius 1 is 1.29 bits per heavy atom. The summed E-state index contributed by atoms with van der Waals surface area (Å²) in [6.45, 7) is 13.8. The van der Waals surface area contributed by atoms with Crippen molar-refractivity contribution < 1.29 is 9.90 Å². The molecule has 0 aliphatic carbocycles. The maximum atomic E-state index is 12.6. The highest BCUT2D eigenvalue weighted by molar-refractivity contribution is 5.75. The molecule has 1 aliphatic rings. The molecule has 132 valence electrons. The fraction of sp³-hybridized carbons (Fsp3) is 0.526. The van der Waals surface area contributed by atoms with Crippen LogP contribution in [-0.4, -0.2) is 60.3 Å². The van der Waals surface area contributed by atoms with E-state index in [-0.39, 0.29) is 12.6 Å². The van der Waals surface area contributed by atoms with Crippen LogP contribution in [0.15, 0.2) is 30.8 Å². The Morgan fingerprint density at radius 2 is 1.96 bits per heavy atom. The lowest BCUT2D eigenvalue weighted by Gasteiger charge is -2.37. The van der Waals surface area contributed by atoms with E-state index in [9.17, 15) is 4.79 Å². The number of hydrogen-bond donors (Lipinski definition) is 2. The Bertz CT molecular complexity index is 590. The van der Waals surface area contributed by atoms with Crippen LogP contribution in [0.25, 0.3) is 5.57 Å². The molecule has 0 atom stereocenters. The number of carbonyl (C=O) groups is 1. The molecule has 0 aromatic heterocycles. The number of β-amino-alcohol motifs (C(OH)–C–C–N with tert-alkyl or cyclic N) is 1. The second kappa shape index (κ2) is 7.81. The molecular formula is C19H29N3O2. The number of benzene rings is 1. The Labute approximate surface area is 145 Å². The summed E-state index contributed by atoms with van der Waals surface area (Å²) in [6, 6.07) is 8.11. The van der Waals surface area contributed by atoms with Gasteiger partial charge in [0, 0.05) is 32.7 Å². The summed E-state index contributed by atoms with van der Waals surface area (Å²) in [6.07, 6.45) is 0. The first kappa shape index (κ1) is 18.5. The third kappa shape index (κ3) is 4.58. The van der Waals surface area contributed by atoms with Crippen molar-refractivity contribution >= 4 is 11.6 Å². The topological polar surface area (TPSA) is 55.8 Å². The van der Waals surface area contributed by atoms with Crippen LogP contribution in [0.3, 0.4) is 0 Å². The molecule has 2 N–H and O–H groups in total. The smallest absolute Gasteiger partial charge is 0.318 e. The first-order chi connectivity index (χ1) is 11.3. The Balaban J connectivity index is 2.00. The van der Waals surface area contributed by atoms with Crippen molar-refractivity contribution in [2.24, 2.45) is 0 Å². The van der Waals surface area contributed by atoms with Gasteiger partial charge in [0.25, 0.3) is 0 Å². The summed E-state index contributed by atoms with van der Waals surface area (Å²) >= 11 is 0. The molecule has 24 heavy (non-hydrogen) atoms. The average Bonchev–Trinajstić information content (AvgIpc) is 2.55. The predicted octanol–water partition coefficient (Wildman–Crippen LogP) is 2.27. The van der Waals surface area contributed by atoms with Crippen molar-refractivity contribution in [2.45, 2.75) is 26.3 Å². The molecule has 0 bridgehead atoms. The van der Waals surface area contributed by atoms with E-state index < -0.39 is 5.54 Å². The molecule has 1 aromatic carbocycles. The number of allylic oxidation sites excluding steroid dienone is 1. The SMILES string of the molecule is C=C(C)c1cccc(C(C)(C)NC(=O)N2CCN(CCO)CC2)c1. The van der Waals surface area contributed by atoms with Gasteiger partial charge in [-0.1, -0.05) is 30.4 Å². The highest BCUT2D eigenvalue weighted by atomic mass is 16.3. The first-order valence-corrected chi connectivity index (χ1v) is 8.50.